The highest BCUT2D eigenvalue weighted by molar-refractivity contribution is 7.11. The smallest absolute Gasteiger partial charge is 0.405 e. The topological polar surface area (TPSA) is 111 Å². The monoisotopic (exact) mass is 259 g/mol. The van der Waals surface area contributed by atoms with Gasteiger partial charge in [-0.1, -0.05) is 0 Å². The molecule has 6 nitrogen and oxygen atoms in total. The highest BCUT2D eigenvalue weighted by Gasteiger charge is 2.24. The van der Waals surface area contributed by atoms with E-state index in [4.69, 9.17) is 16.2 Å². The number of carbonyl (C=O) groups is 1. The minimum atomic E-state index is -0.811. The summed E-state index contributed by atoms with van der Waals surface area (Å²) >= 11 is 1.35. The van der Waals surface area contributed by atoms with E-state index in [2.05, 4.69) is 4.98 Å². The second-order valence-corrected chi connectivity index (χ2v) is 5.41. The van der Waals surface area contributed by atoms with Gasteiger partial charge in [0.05, 0.1) is 9.88 Å². The van der Waals surface area contributed by atoms with Gasteiger partial charge in [-0.25, -0.2) is 9.78 Å². The number of hydrogen-bond acceptors (Lipinski definition) is 6. The van der Waals surface area contributed by atoms with Gasteiger partial charge in [0.1, 0.15) is 11.7 Å². The fourth-order valence-corrected chi connectivity index (χ4v) is 2.48. The molecule has 0 aliphatic carbocycles. The molecule has 96 valence electrons. The van der Waals surface area contributed by atoms with Crippen LogP contribution in [0.1, 0.15) is 29.8 Å². The first kappa shape index (κ1) is 13.9. The molecule has 5 N–H and O–H groups in total. The minimum Gasteiger partial charge on any atom is -0.443 e. The molecule has 0 fully saturated rings. The summed E-state index contributed by atoms with van der Waals surface area (Å²) in [5.74, 6) is 0. The fourth-order valence-electron chi connectivity index (χ4n) is 1.35. The maximum atomic E-state index is 10.7. The number of primary amides is 1. The average molecular weight is 259 g/mol. The van der Waals surface area contributed by atoms with Crippen LogP contribution in [0.25, 0.3) is 0 Å². The average Bonchev–Trinajstić information content (AvgIpc) is 2.61. The molecule has 1 atom stereocenters. The number of aromatic nitrogens is 1. The molecule has 0 spiro atoms. The lowest BCUT2D eigenvalue weighted by Crippen LogP contribution is -2.33. The Bertz CT molecular complexity index is 392. The summed E-state index contributed by atoms with van der Waals surface area (Å²) in [6.07, 6.45) is 0.519. The number of thiazole rings is 1. The van der Waals surface area contributed by atoms with Crippen LogP contribution in [0.5, 0.6) is 0 Å². The molecule has 0 bridgehead atoms. The number of ether oxygens (including phenoxy) is 1. The second kappa shape index (κ2) is 5.44. The number of carbonyl (C=O) groups excluding carboxylic acids is 1. The summed E-state index contributed by atoms with van der Waals surface area (Å²) in [5, 5.41) is 10.3. The van der Waals surface area contributed by atoms with Gasteiger partial charge in [0.2, 0.25) is 0 Å². The van der Waals surface area contributed by atoms with Crippen LogP contribution in [0.3, 0.4) is 0 Å². The molecule has 0 radical (unpaired) electrons. The Morgan fingerprint density at radius 1 is 1.71 bits per heavy atom. The van der Waals surface area contributed by atoms with E-state index in [1.54, 1.807) is 20.0 Å². The van der Waals surface area contributed by atoms with Gasteiger partial charge in [-0.05, 0) is 13.8 Å². The maximum absolute atomic E-state index is 10.7. The van der Waals surface area contributed by atoms with E-state index in [9.17, 15) is 9.90 Å². The van der Waals surface area contributed by atoms with Gasteiger partial charge in [0.25, 0.3) is 0 Å². The largest absolute Gasteiger partial charge is 0.443 e. The van der Waals surface area contributed by atoms with Crippen molar-refractivity contribution in [2.75, 3.05) is 6.54 Å². The molecule has 0 aliphatic heterocycles. The first-order valence-electron chi connectivity index (χ1n) is 5.15. The highest BCUT2D eigenvalue weighted by Crippen LogP contribution is 2.24. The van der Waals surface area contributed by atoms with Crippen LogP contribution in [0.4, 0.5) is 4.79 Å². The van der Waals surface area contributed by atoms with Gasteiger partial charge in [-0.3, -0.25) is 0 Å². The van der Waals surface area contributed by atoms with Crippen LogP contribution in [-0.4, -0.2) is 28.3 Å². The summed E-state index contributed by atoms with van der Waals surface area (Å²) < 4.78 is 4.96. The van der Waals surface area contributed by atoms with E-state index < -0.39 is 17.8 Å². The summed E-state index contributed by atoms with van der Waals surface area (Å²) in [6, 6.07) is 0. The minimum absolute atomic E-state index is 0.156. The van der Waals surface area contributed by atoms with Crippen molar-refractivity contribution < 1.29 is 14.6 Å². The second-order valence-electron chi connectivity index (χ2n) is 4.27. The van der Waals surface area contributed by atoms with Gasteiger partial charge in [0, 0.05) is 19.2 Å². The highest BCUT2D eigenvalue weighted by atomic mass is 32.1. The van der Waals surface area contributed by atoms with Crippen molar-refractivity contribution in [3.63, 3.8) is 0 Å². The van der Waals surface area contributed by atoms with E-state index in [1.165, 1.54) is 11.3 Å². The molecule has 1 aromatic rings. The quantitative estimate of drug-likeness (QED) is 0.715. The van der Waals surface area contributed by atoms with E-state index in [1.807, 2.05) is 0 Å². The number of amides is 1. The molecule has 0 saturated heterocycles. The van der Waals surface area contributed by atoms with Gasteiger partial charge >= 0.3 is 6.09 Å². The third-order valence-electron chi connectivity index (χ3n) is 2.08. The number of rotatable bonds is 5. The zero-order valence-corrected chi connectivity index (χ0v) is 10.7. The Morgan fingerprint density at radius 3 is 2.88 bits per heavy atom. The lowest BCUT2D eigenvalue weighted by atomic mass is 10.1. The zero-order chi connectivity index (χ0) is 13.1. The SMILES string of the molecule is CC(C)(Cc1ncc(C(O)CN)s1)OC(N)=O. The maximum Gasteiger partial charge on any atom is 0.405 e. The predicted octanol–water partition coefficient (Wildman–Crippen LogP) is 0.552. The molecule has 1 aromatic heterocycles. The lowest BCUT2D eigenvalue weighted by Gasteiger charge is -2.22. The normalized spacial score (nSPS) is 13.4. The molecule has 0 aliphatic rings. The van der Waals surface area contributed by atoms with E-state index in [0.29, 0.717) is 11.3 Å². The van der Waals surface area contributed by atoms with Crippen molar-refractivity contribution in [1.82, 2.24) is 4.98 Å². The zero-order valence-electron chi connectivity index (χ0n) is 9.84. The van der Waals surface area contributed by atoms with Crippen LogP contribution in [-0.2, 0) is 11.2 Å². The third-order valence-corrected chi connectivity index (χ3v) is 3.18. The van der Waals surface area contributed by atoms with Crippen LogP contribution in [0.15, 0.2) is 6.20 Å². The van der Waals surface area contributed by atoms with Crippen molar-refractivity contribution in [1.29, 1.82) is 0 Å². The third kappa shape index (κ3) is 4.29. The van der Waals surface area contributed by atoms with E-state index in [-0.39, 0.29) is 6.54 Å². The Morgan fingerprint density at radius 2 is 2.35 bits per heavy atom. The Labute approximate surface area is 104 Å². The molecule has 17 heavy (non-hydrogen) atoms. The number of aliphatic hydroxyl groups excluding tert-OH is 1. The predicted molar refractivity (Wildman–Crippen MR) is 64.6 cm³/mol. The van der Waals surface area contributed by atoms with Crippen molar-refractivity contribution >= 4 is 17.4 Å². The van der Waals surface area contributed by atoms with Crippen molar-refractivity contribution in [3.05, 3.63) is 16.1 Å². The molecule has 1 heterocycles. The first-order chi connectivity index (χ1) is 7.84. The molecule has 1 rings (SSSR count). The van der Waals surface area contributed by atoms with Crippen molar-refractivity contribution in [3.8, 4) is 0 Å². The standard InChI is InChI=1S/C10H17N3O3S/c1-10(2,16-9(12)15)3-8-13-5-7(17-8)6(14)4-11/h5-6,14H,3-4,11H2,1-2H3,(H2,12,15). The number of aliphatic hydroxyl groups is 1. The van der Waals surface area contributed by atoms with E-state index >= 15 is 0 Å². The van der Waals surface area contributed by atoms with Gasteiger partial charge < -0.3 is 21.3 Å². The fraction of sp³-hybridized carbons (Fsp3) is 0.600. The molecule has 0 aromatic carbocycles. The summed E-state index contributed by atoms with van der Waals surface area (Å²) in [7, 11) is 0. The first-order valence-corrected chi connectivity index (χ1v) is 5.97. The van der Waals surface area contributed by atoms with Crippen LogP contribution in [0.2, 0.25) is 0 Å². The summed E-state index contributed by atoms with van der Waals surface area (Å²) in [6.45, 7) is 3.65. The Hall–Kier alpha value is -1.18. The van der Waals surface area contributed by atoms with Crippen molar-refractivity contribution in [2.24, 2.45) is 11.5 Å². The summed E-state index contributed by atoms with van der Waals surface area (Å²) in [4.78, 5) is 15.5. The van der Waals surface area contributed by atoms with Gasteiger partial charge in [0.15, 0.2) is 0 Å². The Kier molecular flexibility index (Phi) is 4.44. The molecule has 0 saturated carbocycles. The number of hydrogen-bond donors (Lipinski definition) is 3. The lowest BCUT2D eigenvalue weighted by molar-refractivity contribution is 0.0460. The van der Waals surface area contributed by atoms with Crippen LogP contribution >= 0.6 is 11.3 Å². The van der Waals surface area contributed by atoms with Crippen molar-refractivity contribution in [2.45, 2.75) is 32.0 Å². The molecule has 1 amide bonds. The Balaban J connectivity index is 2.68. The molecule has 1 unspecified atom stereocenters. The number of nitrogens with zero attached hydrogens (tertiary/aromatic N) is 1. The molecule has 7 heteroatoms. The summed E-state index contributed by atoms with van der Waals surface area (Å²) in [5.41, 5.74) is 9.61. The van der Waals surface area contributed by atoms with Gasteiger partial charge in [-0.15, -0.1) is 11.3 Å². The molecular formula is C10H17N3O3S. The molecular weight excluding hydrogens is 242 g/mol. The van der Waals surface area contributed by atoms with E-state index in [0.717, 1.165) is 5.01 Å². The van der Waals surface area contributed by atoms with Crippen LogP contribution < -0.4 is 11.5 Å². The number of nitrogens with two attached hydrogens (primary N) is 2. The van der Waals surface area contributed by atoms with Gasteiger partial charge in [-0.2, -0.15) is 0 Å². The van der Waals surface area contributed by atoms with Crippen LogP contribution in [0, 0.1) is 0 Å².